The Morgan fingerprint density at radius 3 is 2.36 bits per heavy atom. The molecule has 5 nitrogen and oxygen atoms in total. The zero-order chi connectivity index (χ0) is 16.6. The van der Waals surface area contributed by atoms with E-state index >= 15 is 0 Å². The van der Waals surface area contributed by atoms with Crippen LogP contribution >= 0.6 is 0 Å². The lowest BCUT2D eigenvalue weighted by molar-refractivity contribution is -0.155. The van der Waals surface area contributed by atoms with Crippen molar-refractivity contribution < 1.29 is 19.1 Å². The molecule has 0 saturated carbocycles. The van der Waals surface area contributed by atoms with Crippen molar-refractivity contribution in [3.8, 4) is 0 Å². The number of ether oxygens (including phenoxy) is 2. The molecular weight excluding hydrogens is 282 g/mol. The van der Waals surface area contributed by atoms with Crippen LogP contribution in [-0.2, 0) is 25.7 Å². The number of nitrogens with two attached hydrogens (primary N) is 1. The van der Waals surface area contributed by atoms with E-state index in [1.54, 1.807) is 20.8 Å². The van der Waals surface area contributed by atoms with E-state index in [1.807, 2.05) is 30.3 Å². The van der Waals surface area contributed by atoms with Crippen molar-refractivity contribution in [2.75, 3.05) is 0 Å². The van der Waals surface area contributed by atoms with Crippen LogP contribution in [0.4, 0.5) is 0 Å². The summed E-state index contributed by atoms with van der Waals surface area (Å²) in [5.41, 5.74) is 6.26. The maximum Gasteiger partial charge on any atom is 0.307 e. The first-order valence-corrected chi connectivity index (χ1v) is 7.43. The first kappa shape index (κ1) is 18.2. The molecule has 0 unspecified atom stereocenters. The molecule has 1 rings (SSSR count). The number of carbonyl (C=O) groups excluding carboxylic acids is 2. The van der Waals surface area contributed by atoms with Crippen LogP contribution in [0.1, 0.15) is 45.6 Å². The van der Waals surface area contributed by atoms with Gasteiger partial charge < -0.3 is 15.2 Å². The molecule has 0 amide bonds. The van der Waals surface area contributed by atoms with E-state index in [-0.39, 0.29) is 31.4 Å². The average molecular weight is 307 g/mol. The normalized spacial score (nSPS) is 12.5. The Balaban J connectivity index is 2.21. The van der Waals surface area contributed by atoms with Gasteiger partial charge >= 0.3 is 11.9 Å². The van der Waals surface area contributed by atoms with Gasteiger partial charge in [-0.15, -0.1) is 0 Å². The Bertz CT molecular complexity index is 479. The summed E-state index contributed by atoms with van der Waals surface area (Å²) in [7, 11) is 0. The molecule has 0 bridgehead atoms. The van der Waals surface area contributed by atoms with Crippen molar-refractivity contribution in [1.29, 1.82) is 0 Å². The largest absolute Gasteiger partial charge is 0.461 e. The molecule has 0 radical (unpaired) electrons. The Morgan fingerprint density at radius 2 is 1.77 bits per heavy atom. The summed E-state index contributed by atoms with van der Waals surface area (Å²) in [6.07, 6.45) is 0.687. The van der Waals surface area contributed by atoms with Crippen LogP contribution in [0.15, 0.2) is 30.3 Å². The zero-order valence-corrected chi connectivity index (χ0v) is 13.5. The van der Waals surface area contributed by atoms with Gasteiger partial charge in [0.25, 0.3) is 0 Å². The molecule has 0 saturated heterocycles. The highest BCUT2D eigenvalue weighted by atomic mass is 16.6. The zero-order valence-electron chi connectivity index (χ0n) is 13.5. The Kier molecular flexibility index (Phi) is 7.05. The molecule has 0 aliphatic carbocycles. The summed E-state index contributed by atoms with van der Waals surface area (Å²) < 4.78 is 10.3. The lowest BCUT2D eigenvalue weighted by Gasteiger charge is -2.20. The Morgan fingerprint density at radius 1 is 1.14 bits per heavy atom. The molecule has 2 N–H and O–H groups in total. The predicted molar refractivity (Wildman–Crippen MR) is 83.9 cm³/mol. The van der Waals surface area contributed by atoms with Crippen molar-refractivity contribution >= 4 is 11.9 Å². The van der Waals surface area contributed by atoms with Crippen LogP contribution in [0.25, 0.3) is 0 Å². The fourth-order valence-electron chi connectivity index (χ4n) is 1.81. The highest BCUT2D eigenvalue weighted by Crippen LogP contribution is 2.11. The van der Waals surface area contributed by atoms with Crippen LogP contribution in [0.2, 0.25) is 0 Å². The van der Waals surface area contributed by atoms with Crippen molar-refractivity contribution in [2.24, 2.45) is 5.73 Å². The van der Waals surface area contributed by atoms with Gasteiger partial charge in [0, 0.05) is 12.5 Å². The number of benzene rings is 1. The lowest BCUT2D eigenvalue weighted by atomic mass is 10.1. The number of carbonyl (C=O) groups is 2. The van der Waals surface area contributed by atoms with E-state index in [2.05, 4.69) is 0 Å². The van der Waals surface area contributed by atoms with Crippen molar-refractivity contribution in [3.63, 3.8) is 0 Å². The number of hydrogen-bond donors (Lipinski definition) is 1. The topological polar surface area (TPSA) is 78.6 Å². The summed E-state index contributed by atoms with van der Waals surface area (Å²) in [6, 6.07) is 9.06. The number of rotatable bonds is 7. The van der Waals surface area contributed by atoms with Crippen LogP contribution in [-0.4, -0.2) is 23.6 Å². The second-order valence-electron chi connectivity index (χ2n) is 6.24. The highest BCUT2D eigenvalue weighted by molar-refractivity contribution is 5.71. The maximum atomic E-state index is 11.6. The summed E-state index contributed by atoms with van der Waals surface area (Å²) in [5.74, 6) is -0.666. The van der Waals surface area contributed by atoms with Crippen LogP contribution in [0.3, 0.4) is 0 Å². The second kappa shape index (κ2) is 8.54. The number of hydrogen-bond acceptors (Lipinski definition) is 5. The third-order valence-corrected chi connectivity index (χ3v) is 2.81. The third kappa shape index (κ3) is 8.42. The first-order valence-electron chi connectivity index (χ1n) is 7.43. The van der Waals surface area contributed by atoms with E-state index in [4.69, 9.17) is 15.2 Å². The maximum absolute atomic E-state index is 11.6. The molecule has 5 heteroatoms. The standard InChI is InChI=1S/C17H25NO4/c1-17(2,3)22-16(20)11-14(18)9-10-15(19)21-12-13-7-5-4-6-8-13/h4-8,14H,9-12,18H2,1-3H3/t14-/m0/s1. The van der Waals surface area contributed by atoms with E-state index < -0.39 is 11.6 Å². The van der Waals surface area contributed by atoms with Gasteiger partial charge in [-0.25, -0.2) is 0 Å². The molecule has 0 fully saturated rings. The van der Waals surface area contributed by atoms with Gasteiger partial charge in [0.05, 0.1) is 6.42 Å². The monoisotopic (exact) mass is 307 g/mol. The van der Waals surface area contributed by atoms with Gasteiger partial charge in [-0.2, -0.15) is 0 Å². The van der Waals surface area contributed by atoms with Crippen LogP contribution in [0, 0.1) is 0 Å². The van der Waals surface area contributed by atoms with Crippen LogP contribution in [0.5, 0.6) is 0 Å². The average Bonchev–Trinajstić information content (AvgIpc) is 2.42. The van der Waals surface area contributed by atoms with Gasteiger partial charge in [-0.05, 0) is 32.8 Å². The highest BCUT2D eigenvalue weighted by Gasteiger charge is 2.19. The van der Waals surface area contributed by atoms with E-state index in [0.29, 0.717) is 6.42 Å². The smallest absolute Gasteiger partial charge is 0.307 e. The fourth-order valence-corrected chi connectivity index (χ4v) is 1.81. The van der Waals surface area contributed by atoms with Gasteiger partial charge in [0.2, 0.25) is 0 Å². The molecule has 0 aromatic heterocycles. The lowest BCUT2D eigenvalue weighted by Crippen LogP contribution is -2.30. The SMILES string of the molecule is CC(C)(C)OC(=O)C[C@@H](N)CCC(=O)OCc1ccccc1. The molecule has 0 aliphatic rings. The van der Waals surface area contributed by atoms with Crippen molar-refractivity contribution in [3.05, 3.63) is 35.9 Å². The minimum absolute atomic E-state index is 0.100. The summed E-state index contributed by atoms with van der Waals surface area (Å²) in [5, 5.41) is 0. The summed E-state index contributed by atoms with van der Waals surface area (Å²) >= 11 is 0. The first-order chi connectivity index (χ1) is 10.3. The Hall–Kier alpha value is -1.88. The third-order valence-electron chi connectivity index (χ3n) is 2.81. The molecule has 1 aromatic carbocycles. The number of esters is 2. The predicted octanol–water partition coefficient (Wildman–Crippen LogP) is 2.57. The van der Waals surface area contributed by atoms with Crippen molar-refractivity contribution in [1.82, 2.24) is 0 Å². The molecule has 1 aromatic rings. The van der Waals surface area contributed by atoms with Crippen molar-refractivity contribution in [2.45, 2.75) is 58.3 Å². The molecular formula is C17H25NO4. The molecule has 0 spiro atoms. The van der Waals surface area contributed by atoms with Gasteiger partial charge in [-0.1, -0.05) is 30.3 Å². The van der Waals surface area contributed by atoms with Gasteiger partial charge in [0.15, 0.2) is 0 Å². The molecule has 1 atom stereocenters. The second-order valence-corrected chi connectivity index (χ2v) is 6.24. The molecule has 0 heterocycles. The Labute approximate surface area is 131 Å². The summed E-state index contributed by atoms with van der Waals surface area (Å²) in [6.45, 7) is 5.66. The van der Waals surface area contributed by atoms with E-state index in [1.165, 1.54) is 0 Å². The van der Waals surface area contributed by atoms with Crippen LogP contribution < -0.4 is 5.73 Å². The van der Waals surface area contributed by atoms with Gasteiger partial charge in [-0.3, -0.25) is 9.59 Å². The molecule has 22 heavy (non-hydrogen) atoms. The summed E-state index contributed by atoms with van der Waals surface area (Å²) in [4.78, 5) is 23.2. The quantitative estimate of drug-likeness (QED) is 0.783. The minimum Gasteiger partial charge on any atom is -0.461 e. The van der Waals surface area contributed by atoms with E-state index in [0.717, 1.165) is 5.56 Å². The fraction of sp³-hybridized carbons (Fsp3) is 0.529. The van der Waals surface area contributed by atoms with E-state index in [9.17, 15) is 9.59 Å². The molecule has 122 valence electrons. The minimum atomic E-state index is -0.522. The van der Waals surface area contributed by atoms with Gasteiger partial charge in [0.1, 0.15) is 12.2 Å². The molecule has 0 aliphatic heterocycles.